The molecule has 27 heavy (non-hydrogen) atoms. The minimum Gasteiger partial charge on any atom is -0.368 e. The van der Waals surface area contributed by atoms with Crippen LogP contribution in [0.3, 0.4) is 0 Å². The van der Waals surface area contributed by atoms with Crippen molar-refractivity contribution in [2.75, 3.05) is 25.4 Å². The molecular weight excluding hydrogens is 366 g/mol. The molecule has 1 aromatic carbocycles. The molecule has 0 atom stereocenters. The predicted octanol–water partition coefficient (Wildman–Crippen LogP) is 1.29. The van der Waals surface area contributed by atoms with Crippen molar-refractivity contribution < 1.29 is 13.2 Å². The first kappa shape index (κ1) is 19.2. The van der Waals surface area contributed by atoms with Crippen LogP contribution in [0.5, 0.6) is 0 Å². The number of hydrogen-bond donors (Lipinski definition) is 1. The molecule has 2 N–H and O–H groups in total. The zero-order valence-corrected chi connectivity index (χ0v) is 16.2. The van der Waals surface area contributed by atoms with Gasteiger partial charge in [0.05, 0.1) is 17.1 Å². The Labute approximate surface area is 159 Å². The SMILES string of the molecule is CCN(CC)S(=O)(=O)c1ccc(C(=O)N2CCc3cnc(N)nc3C2)cc1. The lowest BCUT2D eigenvalue weighted by Crippen LogP contribution is -2.36. The zero-order valence-electron chi connectivity index (χ0n) is 15.4. The van der Waals surface area contributed by atoms with E-state index in [-0.39, 0.29) is 16.8 Å². The van der Waals surface area contributed by atoms with E-state index >= 15 is 0 Å². The molecule has 1 amide bonds. The Morgan fingerprint density at radius 3 is 2.52 bits per heavy atom. The summed E-state index contributed by atoms with van der Waals surface area (Å²) in [5.74, 6) is 0.0265. The minimum absolute atomic E-state index is 0.162. The van der Waals surface area contributed by atoms with E-state index in [1.807, 2.05) is 0 Å². The van der Waals surface area contributed by atoms with Crippen LogP contribution in [0.2, 0.25) is 0 Å². The van der Waals surface area contributed by atoms with E-state index in [4.69, 9.17) is 5.73 Å². The van der Waals surface area contributed by atoms with Crippen molar-refractivity contribution >= 4 is 21.9 Å². The van der Waals surface area contributed by atoms with Gasteiger partial charge in [0.15, 0.2) is 0 Å². The van der Waals surface area contributed by atoms with Crippen LogP contribution in [0.25, 0.3) is 0 Å². The van der Waals surface area contributed by atoms with Crippen LogP contribution >= 0.6 is 0 Å². The highest BCUT2D eigenvalue weighted by Gasteiger charge is 2.25. The molecule has 0 saturated heterocycles. The standard InChI is InChI=1S/C18H23N5O3S/c1-3-23(4-2)27(25,26)15-7-5-13(6-8-15)17(24)22-10-9-14-11-20-18(19)21-16(14)12-22/h5-8,11H,3-4,9-10,12H2,1-2H3,(H2,19,20,21). The molecule has 2 heterocycles. The number of sulfonamides is 1. The Bertz CT molecular complexity index is 940. The smallest absolute Gasteiger partial charge is 0.254 e. The number of nitrogen functional groups attached to an aromatic ring is 1. The quantitative estimate of drug-likeness (QED) is 0.825. The van der Waals surface area contributed by atoms with Crippen LogP contribution in [0.1, 0.15) is 35.5 Å². The second-order valence-electron chi connectivity index (χ2n) is 6.29. The summed E-state index contributed by atoms with van der Waals surface area (Å²) in [6.45, 7) is 5.31. The highest BCUT2D eigenvalue weighted by Crippen LogP contribution is 2.21. The highest BCUT2D eigenvalue weighted by molar-refractivity contribution is 7.89. The fourth-order valence-electron chi connectivity index (χ4n) is 3.16. The van der Waals surface area contributed by atoms with Crippen molar-refractivity contribution in [1.82, 2.24) is 19.2 Å². The maximum Gasteiger partial charge on any atom is 0.254 e. The Balaban J connectivity index is 1.79. The van der Waals surface area contributed by atoms with Crippen molar-refractivity contribution in [2.45, 2.75) is 31.7 Å². The number of amides is 1. The van der Waals surface area contributed by atoms with E-state index in [1.165, 1.54) is 16.4 Å². The van der Waals surface area contributed by atoms with Crippen LogP contribution in [0.15, 0.2) is 35.4 Å². The maximum absolute atomic E-state index is 12.8. The fourth-order valence-corrected chi connectivity index (χ4v) is 4.61. The summed E-state index contributed by atoms with van der Waals surface area (Å²) in [5.41, 5.74) is 7.82. The number of aromatic nitrogens is 2. The van der Waals surface area contributed by atoms with Gasteiger partial charge < -0.3 is 10.6 Å². The Kier molecular flexibility index (Phi) is 5.43. The normalized spacial score (nSPS) is 14.3. The third-order valence-electron chi connectivity index (χ3n) is 4.70. The summed E-state index contributed by atoms with van der Waals surface area (Å²) in [7, 11) is -3.54. The molecule has 0 unspecified atom stereocenters. The van der Waals surface area contributed by atoms with Gasteiger partial charge in [-0.15, -0.1) is 0 Å². The van der Waals surface area contributed by atoms with E-state index in [0.29, 0.717) is 38.2 Å². The van der Waals surface area contributed by atoms with Gasteiger partial charge in [-0.3, -0.25) is 4.79 Å². The van der Waals surface area contributed by atoms with Crippen molar-refractivity contribution in [3.63, 3.8) is 0 Å². The summed E-state index contributed by atoms with van der Waals surface area (Å²) < 4.78 is 26.5. The number of rotatable bonds is 5. The molecule has 0 aliphatic carbocycles. The number of fused-ring (bicyclic) bond motifs is 1. The van der Waals surface area contributed by atoms with Gasteiger partial charge >= 0.3 is 0 Å². The van der Waals surface area contributed by atoms with Crippen LogP contribution < -0.4 is 5.73 Å². The minimum atomic E-state index is -3.54. The molecule has 0 fully saturated rings. The summed E-state index contributed by atoms with van der Waals surface area (Å²) in [4.78, 5) is 22.9. The molecule has 0 bridgehead atoms. The van der Waals surface area contributed by atoms with E-state index < -0.39 is 10.0 Å². The lowest BCUT2D eigenvalue weighted by Gasteiger charge is -2.28. The van der Waals surface area contributed by atoms with E-state index in [1.54, 1.807) is 37.1 Å². The van der Waals surface area contributed by atoms with Crippen LogP contribution in [-0.2, 0) is 23.0 Å². The first-order chi connectivity index (χ1) is 12.9. The van der Waals surface area contributed by atoms with Crippen molar-refractivity contribution in [3.8, 4) is 0 Å². The molecule has 1 aliphatic heterocycles. The number of nitrogens with two attached hydrogens (primary N) is 1. The number of hydrogen-bond acceptors (Lipinski definition) is 6. The van der Waals surface area contributed by atoms with Gasteiger partial charge in [0.2, 0.25) is 16.0 Å². The molecule has 0 spiro atoms. The number of anilines is 1. The molecule has 1 aromatic heterocycles. The summed E-state index contributed by atoms with van der Waals surface area (Å²) >= 11 is 0. The van der Waals surface area contributed by atoms with E-state index in [9.17, 15) is 13.2 Å². The van der Waals surface area contributed by atoms with Gasteiger partial charge in [0.1, 0.15) is 0 Å². The van der Waals surface area contributed by atoms with Crippen LogP contribution in [-0.4, -0.2) is 53.1 Å². The highest BCUT2D eigenvalue weighted by atomic mass is 32.2. The van der Waals surface area contributed by atoms with Crippen molar-refractivity contribution in [3.05, 3.63) is 47.3 Å². The molecule has 3 rings (SSSR count). The summed E-state index contributed by atoms with van der Waals surface area (Å²) in [6.07, 6.45) is 2.36. The monoisotopic (exact) mass is 389 g/mol. The topological polar surface area (TPSA) is 109 Å². The lowest BCUT2D eigenvalue weighted by atomic mass is 10.1. The molecule has 8 nitrogen and oxygen atoms in total. The van der Waals surface area contributed by atoms with Gasteiger partial charge in [-0.05, 0) is 36.2 Å². The zero-order chi connectivity index (χ0) is 19.6. The molecule has 9 heteroatoms. The average molecular weight is 389 g/mol. The van der Waals surface area contributed by atoms with E-state index in [2.05, 4.69) is 9.97 Å². The third kappa shape index (κ3) is 3.79. The summed E-state index contributed by atoms with van der Waals surface area (Å²) in [5, 5.41) is 0. The number of benzene rings is 1. The summed E-state index contributed by atoms with van der Waals surface area (Å²) in [6, 6.07) is 6.09. The van der Waals surface area contributed by atoms with Crippen molar-refractivity contribution in [1.29, 1.82) is 0 Å². The van der Waals surface area contributed by atoms with Gasteiger partial charge in [-0.2, -0.15) is 4.31 Å². The molecule has 1 aliphatic rings. The number of nitrogens with zero attached hydrogens (tertiary/aromatic N) is 4. The molecular formula is C18H23N5O3S. The van der Waals surface area contributed by atoms with Gasteiger partial charge in [0.25, 0.3) is 5.91 Å². The molecule has 0 saturated carbocycles. The largest absolute Gasteiger partial charge is 0.368 e. The Morgan fingerprint density at radius 2 is 1.89 bits per heavy atom. The first-order valence-electron chi connectivity index (χ1n) is 8.86. The van der Waals surface area contributed by atoms with Gasteiger partial charge in [-0.1, -0.05) is 13.8 Å². The maximum atomic E-state index is 12.8. The molecule has 0 radical (unpaired) electrons. The first-order valence-corrected chi connectivity index (χ1v) is 10.3. The Morgan fingerprint density at radius 1 is 1.22 bits per heavy atom. The van der Waals surface area contributed by atoms with Gasteiger partial charge in [-0.25, -0.2) is 18.4 Å². The lowest BCUT2D eigenvalue weighted by molar-refractivity contribution is 0.0731. The predicted molar refractivity (Wildman–Crippen MR) is 101 cm³/mol. The van der Waals surface area contributed by atoms with Crippen LogP contribution in [0, 0.1) is 0 Å². The third-order valence-corrected chi connectivity index (χ3v) is 6.76. The second kappa shape index (κ2) is 7.61. The van der Waals surface area contributed by atoms with Gasteiger partial charge in [0, 0.05) is 31.4 Å². The second-order valence-corrected chi connectivity index (χ2v) is 8.23. The van der Waals surface area contributed by atoms with Crippen molar-refractivity contribution in [2.24, 2.45) is 0 Å². The van der Waals surface area contributed by atoms with Crippen LogP contribution in [0.4, 0.5) is 5.95 Å². The molecule has 2 aromatic rings. The molecule has 144 valence electrons. The fraction of sp³-hybridized carbons (Fsp3) is 0.389. The average Bonchev–Trinajstić information content (AvgIpc) is 2.67. The Hall–Kier alpha value is -2.52. The number of carbonyl (C=O) groups excluding carboxylic acids is 1. The number of carbonyl (C=O) groups is 1. The van der Waals surface area contributed by atoms with E-state index in [0.717, 1.165) is 11.3 Å².